The molecule has 0 aromatic carbocycles. The van der Waals surface area contributed by atoms with Crippen LogP contribution in [0.15, 0.2) is 0 Å². The van der Waals surface area contributed by atoms with E-state index in [4.69, 9.17) is 17.5 Å². The van der Waals surface area contributed by atoms with Crippen molar-refractivity contribution in [2.24, 2.45) is 0 Å². The van der Waals surface area contributed by atoms with Crippen LogP contribution in [0.4, 0.5) is 0 Å². The van der Waals surface area contributed by atoms with Crippen LogP contribution in [0.2, 0.25) is 0 Å². The third kappa shape index (κ3) is 255. The monoisotopic (exact) mass is 254 g/mol. The summed E-state index contributed by atoms with van der Waals surface area (Å²) in [6.07, 6.45) is 2.17. The van der Waals surface area contributed by atoms with Gasteiger partial charge in [0.15, 0.2) is 0 Å². The Morgan fingerprint density at radius 3 is 0.917 bits per heavy atom. The van der Waals surface area contributed by atoms with Crippen LogP contribution in [0, 0.1) is 0 Å². The van der Waals surface area contributed by atoms with Gasteiger partial charge in [0.2, 0.25) is 0 Å². The molecule has 9 heteroatoms. The summed E-state index contributed by atoms with van der Waals surface area (Å²) < 4.78 is 36.0. The van der Waals surface area contributed by atoms with Gasteiger partial charge in [0, 0.05) is 0 Å². The van der Waals surface area contributed by atoms with Crippen LogP contribution >= 0.6 is 13.5 Å². The van der Waals surface area contributed by atoms with Gasteiger partial charge < -0.3 is 9.11 Å². The van der Waals surface area contributed by atoms with Crippen LogP contribution in [-0.4, -0.2) is 30.0 Å². The summed E-state index contributed by atoms with van der Waals surface area (Å²) in [6.45, 7) is 0. The Balaban J connectivity index is -0.0000000112. The van der Waals surface area contributed by atoms with Crippen molar-refractivity contribution >= 4 is 35.7 Å². The Labute approximate surface area is 130 Å². The smallest absolute Gasteiger partial charge is 0.773 e. The summed E-state index contributed by atoms with van der Waals surface area (Å²) >= 11 is -3.72. The fourth-order valence-electron chi connectivity index (χ4n) is 0. The van der Waals surface area contributed by atoms with Crippen LogP contribution in [0.3, 0.4) is 0 Å². The summed E-state index contributed by atoms with van der Waals surface area (Å²) in [7, 11) is 0. The number of rotatable bonds is 0. The van der Waals surface area contributed by atoms with Crippen LogP contribution in [0.5, 0.6) is 0 Å². The molecule has 0 heterocycles. The maximum atomic E-state index is 9.00. The molecule has 68 valence electrons. The molecule has 0 aromatic heterocycles. The zero-order valence-electron chi connectivity index (χ0n) is 6.95. The van der Waals surface area contributed by atoms with Crippen molar-refractivity contribution in [1.82, 2.24) is 0 Å². The van der Waals surface area contributed by atoms with Crippen molar-refractivity contribution in [1.29, 1.82) is 0 Å². The van der Waals surface area contributed by atoms with Gasteiger partial charge in [-0.15, -0.1) is 0 Å². The van der Waals surface area contributed by atoms with Gasteiger partial charge >= 0.3 is 59.1 Å². The van der Waals surface area contributed by atoms with Crippen molar-refractivity contribution in [3.63, 3.8) is 0 Å². The van der Waals surface area contributed by atoms with E-state index in [2.05, 4.69) is 0 Å². The van der Waals surface area contributed by atoms with Gasteiger partial charge in [-0.1, -0.05) is 29.6 Å². The first-order valence-corrected chi connectivity index (χ1v) is 4.45. The standard InChI is InChI=1S/2CH4O2S.CH4.2Na.H2S/c2*1-4(2)3;;;;/h2*1H3,(H,2,3);1H4;;;1H2/q;;;2*+1;/p-2. The first-order chi connectivity index (χ1) is 3.46. The molecular formula is C3H12Na2O4S3. The second-order valence-corrected chi connectivity index (χ2v) is 2.41. The molecule has 0 aliphatic rings. The molecule has 0 amide bonds. The molecule has 2 unspecified atom stereocenters. The van der Waals surface area contributed by atoms with E-state index < -0.39 is 22.2 Å². The molecule has 0 aliphatic heterocycles. The van der Waals surface area contributed by atoms with Crippen LogP contribution < -0.4 is 59.1 Å². The first kappa shape index (κ1) is 36.5. The van der Waals surface area contributed by atoms with E-state index in [1.54, 1.807) is 0 Å². The van der Waals surface area contributed by atoms with Crippen LogP contribution in [-0.2, 0) is 22.2 Å². The summed E-state index contributed by atoms with van der Waals surface area (Å²) in [4.78, 5) is 0. The fraction of sp³-hybridized carbons (Fsp3) is 1.00. The Morgan fingerprint density at radius 2 is 0.917 bits per heavy atom. The van der Waals surface area contributed by atoms with Crippen molar-refractivity contribution < 1.29 is 76.6 Å². The first-order valence-electron chi connectivity index (χ1n) is 1.48. The molecule has 0 rings (SSSR count). The van der Waals surface area contributed by atoms with Crippen molar-refractivity contribution in [3.05, 3.63) is 0 Å². The minimum Gasteiger partial charge on any atom is -0.773 e. The largest absolute Gasteiger partial charge is 1.00 e. The average molecular weight is 254 g/mol. The van der Waals surface area contributed by atoms with Gasteiger partial charge in [0.05, 0.1) is 0 Å². The molecule has 0 N–H and O–H groups in total. The predicted molar refractivity (Wildman–Crippen MR) is 46.8 cm³/mol. The molecule has 12 heavy (non-hydrogen) atoms. The molecule has 0 fully saturated rings. The Hall–Kier alpha value is 2.57. The van der Waals surface area contributed by atoms with E-state index in [9.17, 15) is 0 Å². The summed E-state index contributed by atoms with van der Waals surface area (Å²) in [5.41, 5.74) is 0. The van der Waals surface area contributed by atoms with E-state index in [-0.39, 0.29) is 80.0 Å². The van der Waals surface area contributed by atoms with Gasteiger partial charge in [-0.25, -0.2) is 0 Å². The molecule has 0 saturated carbocycles. The van der Waals surface area contributed by atoms with Crippen molar-refractivity contribution in [2.45, 2.75) is 7.43 Å². The molecule has 4 nitrogen and oxygen atoms in total. The SMILES string of the molecule is C.CS(=O)[O-].CS(=O)[O-].S.[Na+].[Na+]. The normalized spacial score (nSPS) is 10.3. The van der Waals surface area contributed by atoms with Crippen LogP contribution in [0.25, 0.3) is 0 Å². The second kappa shape index (κ2) is 29.2. The summed E-state index contributed by atoms with van der Waals surface area (Å²) in [5, 5.41) is 0. The number of hydrogen-bond acceptors (Lipinski definition) is 4. The molecule has 0 bridgehead atoms. The third-order valence-electron chi connectivity index (χ3n) is 0. The van der Waals surface area contributed by atoms with E-state index in [0.29, 0.717) is 0 Å². The summed E-state index contributed by atoms with van der Waals surface area (Å²) in [5.74, 6) is 0. The molecular weight excluding hydrogens is 242 g/mol. The van der Waals surface area contributed by atoms with E-state index in [1.165, 1.54) is 0 Å². The second-order valence-electron chi connectivity index (χ2n) is 0.803. The van der Waals surface area contributed by atoms with Gasteiger partial charge in [0.1, 0.15) is 0 Å². The number of hydrogen-bond donors (Lipinski definition) is 0. The molecule has 0 radical (unpaired) electrons. The third-order valence-corrected chi connectivity index (χ3v) is 0. The Morgan fingerprint density at radius 1 is 0.917 bits per heavy atom. The molecule has 2 atom stereocenters. The molecule has 0 spiro atoms. The summed E-state index contributed by atoms with van der Waals surface area (Å²) in [6, 6.07) is 0. The molecule has 0 aromatic rings. The van der Waals surface area contributed by atoms with Gasteiger partial charge in [-0.3, -0.25) is 8.42 Å². The maximum absolute atomic E-state index is 9.00. The minimum absolute atomic E-state index is 0. The molecule has 0 saturated heterocycles. The van der Waals surface area contributed by atoms with Crippen LogP contribution in [0.1, 0.15) is 7.43 Å². The average Bonchev–Trinajstić information content (AvgIpc) is 1.25. The van der Waals surface area contributed by atoms with Gasteiger partial charge in [-0.05, 0) is 12.5 Å². The molecule has 0 aliphatic carbocycles. The maximum Gasteiger partial charge on any atom is 1.00 e. The minimum atomic E-state index is -1.86. The van der Waals surface area contributed by atoms with Crippen molar-refractivity contribution in [2.75, 3.05) is 12.5 Å². The quantitative estimate of drug-likeness (QED) is 0.318. The van der Waals surface area contributed by atoms with E-state index in [0.717, 1.165) is 12.5 Å². The Bertz CT molecular complexity index is 81.5. The fourth-order valence-corrected chi connectivity index (χ4v) is 0. The topological polar surface area (TPSA) is 80.3 Å². The van der Waals surface area contributed by atoms with Gasteiger partial charge in [-0.2, -0.15) is 13.5 Å². The van der Waals surface area contributed by atoms with E-state index >= 15 is 0 Å². The zero-order chi connectivity index (χ0) is 7.15. The van der Waals surface area contributed by atoms with E-state index in [1.807, 2.05) is 0 Å². The van der Waals surface area contributed by atoms with Crippen molar-refractivity contribution in [3.8, 4) is 0 Å². The van der Waals surface area contributed by atoms with Gasteiger partial charge in [0.25, 0.3) is 0 Å². The zero-order valence-corrected chi connectivity index (χ0v) is 13.6. The predicted octanol–water partition coefficient (Wildman–Crippen LogP) is -6.25. The Kier molecular flexibility index (Phi) is 88.9.